The lowest BCUT2D eigenvalue weighted by Gasteiger charge is -1.98. The Bertz CT molecular complexity index is 753. The van der Waals surface area contributed by atoms with E-state index in [9.17, 15) is 9.18 Å². The van der Waals surface area contributed by atoms with E-state index in [0.717, 1.165) is 6.20 Å². The van der Waals surface area contributed by atoms with Crippen molar-refractivity contribution >= 4 is 17.1 Å². The number of ketones is 1. The SMILES string of the molecule is O=C(Cc1csc(-c2ccc(F)cn2)n1)c1ccccc1. The largest absolute Gasteiger partial charge is 0.294 e. The van der Waals surface area contributed by atoms with Crippen LogP contribution in [0.1, 0.15) is 16.1 Å². The Labute approximate surface area is 125 Å². The van der Waals surface area contributed by atoms with Gasteiger partial charge in [-0.25, -0.2) is 9.37 Å². The number of hydrogen-bond acceptors (Lipinski definition) is 4. The van der Waals surface area contributed by atoms with Crippen LogP contribution in [0.3, 0.4) is 0 Å². The molecule has 0 bridgehead atoms. The lowest BCUT2D eigenvalue weighted by atomic mass is 10.1. The molecule has 0 N–H and O–H groups in total. The van der Waals surface area contributed by atoms with E-state index in [1.807, 2.05) is 23.6 Å². The molecule has 0 aliphatic heterocycles. The first-order valence-corrected chi connectivity index (χ1v) is 7.25. The van der Waals surface area contributed by atoms with Gasteiger partial charge in [0.25, 0.3) is 0 Å². The molecule has 3 rings (SSSR count). The van der Waals surface area contributed by atoms with Crippen molar-refractivity contribution in [3.63, 3.8) is 0 Å². The van der Waals surface area contributed by atoms with Crippen LogP contribution in [-0.2, 0) is 6.42 Å². The fourth-order valence-corrected chi connectivity index (χ4v) is 2.69. The van der Waals surface area contributed by atoms with Crippen LogP contribution >= 0.6 is 11.3 Å². The highest BCUT2D eigenvalue weighted by Crippen LogP contribution is 2.22. The van der Waals surface area contributed by atoms with E-state index in [1.54, 1.807) is 18.2 Å². The van der Waals surface area contributed by atoms with Crippen LogP contribution in [0, 0.1) is 5.82 Å². The number of Topliss-reactive ketones (excluding diaryl/α,β-unsaturated/α-hetero) is 1. The van der Waals surface area contributed by atoms with Gasteiger partial charge in [-0.1, -0.05) is 30.3 Å². The van der Waals surface area contributed by atoms with Crippen LogP contribution in [0.15, 0.2) is 54.0 Å². The summed E-state index contributed by atoms with van der Waals surface area (Å²) in [5, 5.41) is 2.52. The van der Waals surface area contributed by atoms with Gasteiger partial charge < -0.3 is 0 Å². The Morgan fingerprint density at radius 2 is 1.95 bits per heavy atom. The first kappa shape index (κ1) is 13.6. The second-order valence-electron chi connectivity index (χ2n) is 4.47. The molecule has 0 spiro atoms. The summed E-state index contributed by atoms with van der Waals surface area (Å²) >= 11 is 1.40. The molecule has 5 heteroatoms. The maximum atomic E-state index is 12.8. The normalized spacial score (nSPS) is 10.5. The van der Waals surface area contributed by atoms with Crippen molar-refractivity contribution in [1.82, 2.24) is 9.97 Å². The molecule has 0 unspecified atom stereocenters. The Morgan fingerprint density at radius 1 is 1.14 bits per heavy atom. The molecule has 0 saturated heterocycles. The van der Waals surface area contributed by atoms with Crippen LogP contribution < -0.4 is 0 Å². The second kappa shape index (κ2) is 5.93. The number of nitrogens with zero attached hydrogens (tertiary/aromatic N) is 2. The first-order chi connectivity index (χ1) is 10.2. The summed E-state index contributed by atoms with van der Waals surface area (Å²) in [6.07, 6.45) is 1.41. The Hall–Kier alpha value is -2.40. The average Bonchev–Trinajstić information content (AvgIpc) is 2.97. The summed E-state index contributed by atoms with van der Waals surface area (Å²) in [6.45, 7) is 0. The molecule has 0 aliphatic carbocycles. The standard InChI is InChI=1S/C16H11FN2OS/c17-12-6-7-14(18-9-12)16-19-13(10-21-16)8-15(20)11-4-2-1-3-5-11/h1-7,9-10H,8H2. The lowest BCUT2D eigenvalue weighted by molar-refractivity contribution is 0.0992. The second-order valence-corrected chi connectivity index (χ2v) is 5.33. The topological polar surface area (TPSA) is 42.9 Å². The zero-order valence-electron chi connectivity index (χ0n) is 11.0. The van der Waals surface area contributed by atoms with Crippen molar-refractivity contribution in [1.29, 1.82) is 0 Å². The summed E-state index contributed by atoms with van der Waals surface area (Å²) in [6, 6.07) is 12.0. The van der Waals surface area contributed by atoms with Crippen LogP contribution in [0.4, 0.5) is 4.39 Å². The van der Waals surface area contributed by atoms with Gasteiger partial charge in [-0.2, -0.15) is 0 Å². The van der Waals surface area contributed by atoms with Crippen LogP contribution in [-0.4, -0.2) is 15.8 Å². The fourth-order valence-electron chi connectivity index (χ4n) is 1.90. The maximum absolute atomic E-state index is 12.8. The molecule has 3 aromatic rings. The molecule has 2 heterocycles. The zero-order chi connectivity index (χ0) is 14.7. The molecule has 104 valence electrons. The van der Waals surface area contributed by atoms with Gasteiger partial charge in [0.15, 0.2) is 5.78 Å². The number of benzene rings is 1. The third-order valence-corrected chi connectivity index (χ3v) is 3.85. The lowest BCUT2D eigenvalue weighted by Crippen LogP contribution is -2.03. The number of carbonyl (C=O) groups is 1. The van der Waals surface area contributed by atoms with Gasteiger partial charge in [0.2, 0.25) is 0 Å². The number of thiazole rings is 1. The molecule has 0 atom stereocenters. The summed E-state index contributed by atoms with van der Waals surface area (Å²) < 4.78 is 12.8. The molecule has 21 heavy (non-hydrogen) atoms. The van der Waals surface area contributed by atoms with Gasteiger partial charge in [-0.05, 0) is 12.1 Å². The average molecular weight is 298 g/mol. The summed E-state index contributed by atoms with van der Waals surface area (Å²) in [7, 11) is 0. The summed E-state index contributed by atoms with van der Waals surface area (Å²) in [5.41, 5.74) is 1.99. The van der Waals surface area contributed by atoms with Crippen molar-refractivity contribution in [2.75, 3.05) is 0 Å². The molecule has 3 nitrogen and oxygen atoms in total. The third kappa shape index (κ3) is 3.20. The third-order valence-electron chi connectivity index (χ3n) is 2.94. The Morgan fingerprint density at radius 3 is 2.67 bits per heavy atom. The zero-order valence-corrected chi connectivity index (χ0v) is 11.8. The van der Waals surface area contributed by atoms with Crippen molar-refractivity contribution in [2.45, 2.75) is 6.42 Å². The van der Waals surface area contributed by atoms with Crippen molar-refractivity contribution in [3.05, 3.63) is 71.1 Å². The number of pyridine rings is 1. The first-order valence-electron chi connectivity index (χ1n) is 6.37. The minimum absolute atomic E-state index is 0.0273. The van der Waals surface area contributed by atoms with Crippen molar-refractivity contribution in [3.8, 4) is 10.7 Å². The quantitative estimate of drug-likeness (QED) is 0.689. The predicted molar refractivity (Wildman–Crippen MR) is 79.8 cm³/mol. The smallest absolute Gasteiger partial charge is 0.168 e. The molecule has 0 saturated carbocycles. The van der Waals surface area contributed by atoms with Crippen molar-refractivity contribution in [2.24, 2.45) is 0 Å². The van der Waals surface area contributed by atoms with E-state index >= 15 is 0 Å². The minimum Gasteiger partial charge on any atom is -0.294 e. The number of rotatable bonds is 4. The van der Waals surface area contributed by atoms with E-state index in [0.29, 0.717) is 22.0 Å². The van der Waals surface area contributed by atoms with Gasteiger partial charge in [-0.15, -0.1) is 11.3 Å². The van der Waals surface area contributed by atoms with E-state index < -0.39 is 0 Å². The number of halogens is 1. The van der Waals surface area contributed by atoms with E-state index in [4.69, 9.17) is 0 Å². The maximum Gasteiger partial charge on any atom is 0.168 e. The number of hydrogen-bond donors (Lipinski definition) is 0. The minimum atomic E-state index is -0.380. The van der Waals surface area contributed by atoms with Gasteiger partial charge >= 0.3 is 0 Å². The Balaban J connectivity index is 1.76. The molecule has 0 radical (unpaired) electrons. The van der Waals surface area contributed by atoms with E-state index in [2.05, 4.69) is 9.97 Å². The summed E-state index contributed by atoms with van der Waals surface area (Å²) in [5.74, 6) is -0.352. The number of carbonyl (C=O) groups excluding carboxylic acids is 1. The predicted octanol–water partition coefficient (Wildman–Crippen LogP) is 3.77. The molecule has 1 aromatic carbocycles. The van der Waals surface area contributed by atoms with E-state index in [1.165, 1.54) is 17.4 Å². The van der Waals surface area contributed by atoms with Crippen LogP contribution in [0.2, 0.25) is 0 Å². The van der Waals surface area contributed by atoms with Gasteiger partial charge in [-0.3, -0.25) is 9.78 Å². The monoisotopic (exact) mass is 298 g/mol. The molecular formula is C16H11FN2OS. The highest BCUT2D eigenvalue weighted by molar-refractivity contribution is 7.13. The van der Waals surface area contributed by atoms with Gasteiger partial charge in [0, 0.05) is 10.9 Å². The van der Waals surface area contributed by atoms with E-state index in [-0.39, 0.29) is 18.0 Å². The number of aromatic nitrogens is 2. The van der Waals surface area contributed by atoms with Crippen LogP contribution in [0.25, 0.3) is 10.7 Å². The van der Waals surface area contributed by atoms with Crippen molar-refractivity contribution < 1.29 is 9.18 Å². The molecule has 0 amide bonds. The molecule has 0 fully saturated rings. The Kier molecular flexibility index (Phi) is 3.83. The summed E-state index contributed by atoms with van der Waals surface area (Å²) in [4.78, 5) is 20.5. The highest BCUT2D eigenvalue weighted by Gasteiger charge is 2.11. The molecular weight excluding hydrogens is 287 g/mol. The van der Waals surface area contributed by atoms with Crippen LogP contribution in [0.5, 0.6) is 0 Å². The van der Waals surface area contributed by atoms with Gasteiger partial charge in [0.05, 0.1) is 24.0 Å². The molecule has 2 aromatic heterocycles. The highest BCUT2D eigenvalue weighted by atomic mass is 32.1. The fraction of sp³-hybridized carbons (Fsp3) is 0.0625. The molecule has 0 aliphatic rings. The van der Waals surface area contributed by atoms with Gasteiger partial charge in [0.1, 0.15) is 10.8 Å².